The van der Waals surface area contributed by atoms with Gasteiger partial charge in [-0.3, -0.25) is 0 Å². The van der Waals surface area contributed by atoms with E-state index in [0.29, 0.717) is 13.2 Å². The molecule has 1 atom stereocenters. The number of ether oxygens (including phenoxy) is 1. The van der Waals surface area contributed by atoms with Gasteiger partial charge in [0.1, 0.15) is 24.3 Å². The summed E-state index contributed by atoms with van der Waals surface area (Å²) in [5, 5.41) is 13.1. The van der Waals surface area contributed by atoms with Crippen LogP contribution in [0.25, 0.3) is 0 Å². The van der Waals surface area contributed by atoms with Crippen LogP contribution in [0.4, 0.5) is 0 Å². The minimum atomic E-state index is -0.521. The molecule has 2 N–H and O–H groups in total. The zero-order valence-electron chi connectivity index (χ0n) is 12.6. The molecule has 0 radical (unpaired) electrons. The van der Waals surface area contributed by atoms with Crippen molar-refractivity contribution in [2.75, 3.05) is 19.7 Å². The molecule has 21 heavy (non-hydrogen) atoms. The van der Waals surface area contributed by atoms with Crippen LogP contribution in [0.5, 0.6) is 5.75 Å². The number of imidazole rings is 1. The summed E-state index contributed by atoms with van der Waals surface area (Å²) >= 11 is 0. The highest BCUT2D eigenvalue weighted by Crippen LogP contribution is 2.12. The summed E-state index contributed by atoms with van der Waals surface area (Å²) in [6, 6.07) is 7.82. The van der Waals surface area contributed by atoms with Crippen LogP contribution in [0.1, 0.15) is 11.4 Å². The van der Waals surface area contributed by atoms with Gasteiger partial charge in [0.15, 0.2) is 0 Å². The minimum absolute atomic E-state index is 0.291. The largest absolute Gasteiger partial charge is 0.491 e. The van der Waals surface area contributed by atoms with Crippen LogP contribution in [-0.2, 0) is 13.5 Å². The summed E-state index contributed by atoms with van der Waals surface area (Å²) in [7, 11) is 1.98. The summed E-state index contributed by atoms with van der Waals surface area (Å²) < 4.78 is 7.56. The van der Waals surface area contributed by atoms with Crippen molar-refractivity contribution in [3.8, 4) is 5.75 Å². The number of aromatic nitrogens is 2. The van der Waals surface area contributed by atoms with Crippen molar-refractivity contribution in [2.45, 2.75) is 19.4 Å². The summed E-state index contributed by atoms with van der Waals surface area (Å²) in [6.07, 6.45) is 4.04. The van der Waals surface area contributed by atoms with Gasteiger partial charge in [0.05, 0.1) is 0 Å². The van der Waals surface area contributed by atoms with Crippen LogP contribution in [0, 0.1) is 6.92 Å². The number of benzene rings is 1. The van der Waals surface area contributed by atoms with E-state index in [9.17, 15) is 5.11 Å². The van der Waals surface area contributed by atoms with Gasteiger partial charge in [0.25, 0.3) is 0 Å². The molecule has 0 saturated heterocycles. The smallest absolute Gasteiger partial charge is 0.119 e. The number of aryl methyl sites for hydroxylation is 2. The van der Waals surface area contributed by atoms with E-state index in [1.165, 1.54) is 0 Å². The number of hydrogen-bond acceptors (Lipinski definition) is 4. The van der Waals surface area contributed by atoms with Gasteiger partial charge < -0.3 is 19.7 Å². The van der Waals surface area contributed by atoms with Crippen molar-refractivity contribution < 1.29 is 9.84 Å². The molecular formula is C16H23N3O2. The molecule has 0 saturated carbocycles. The van der Waals surface area contributed by atoms with Gasteiger partial charge in [0.2, 0.25) is 0 Å². The number of nitrogens with one attached hydrogen (secondary N) is 1. The predicted octanol–water partition coefficient (Wildman–Crippen LogP) is 1.30. The fraction of sp³-hybridized carbons (Fsp3) is 0.438. The van der Waals surface area contributed by atoms with Crippen molar-refractivity contribution in [2.24, 2.45) is 7.05 Å². The van der Waals surface area contributed by atoms with Gasteiger partial charge in [0, 0.05) is 39.0 Å². The molecule has 1 aromatic carbocycles. The lowest BCUT2D eigenvalue weighted by Crippen LogP contribution is -2.32. The van der Waals surface area contributed by atoms with Gasteiger partial charge in [-0.25, -0.2) is 4.98 Å². The molecule has 0 spiro atoms. The molecule has 0 aliphatic carbocycles. The summed E-state index contributed by atoms with van der Waals surface area (Å²) in [5.41, 5.74) is 1.15. The molecule has 5 nitrogen and oxygen atoms in total. The van der Waals surface area contributed by atoms with Crippen LogP contribution in [0.3, 0.4) is 0 Å². The highest BCUT2D eigenvalue weighted by molar-refractivity contribution is 5.27. The number of aliphatic hydroxyl groups excluding tert-OH is 1. The lowest BCUT2D eigenvalue weighted by Gasteiger charge is -2.13. The number of nitrogens with zero attached hydrogens (tertiary/aromatic N) is 2. The fourth-order valence-electron chi connectivity index (χ4n) is 2.06. The maximum atomic E-state index is 9.88. The van der Waals surface area contributed by atoms with Gasteiger partial charge >= 0.3 is 0 Å². The van der Waals surface area contributed by atoms with Gasteiger partial charge in [-0.15, -0.1) is 0 Å². The molecule has 0 fully saturated rings. The van der Waals surface area contributed by atoms with Crippen LogP contribution >= 0.6 is 0 Å². The van der Waals surface area contributed by atoms with Crippen molar-refractivity contribution in [1.29, 1.82) is 0 Å². The van der Waals surface area contributed by atoms with Crippen LogP contribution in [-0.4, -0.2) is 40.5 Å². The molecule has 0 aliphatic heterocycles. The summed E-state index contributed by atoms with van der Waals surface area (Å²) in [4.78, 5) is 4.25. The van der Waals surface area contributed by atoms with Crippen LogP contribution in [0.15, 0.2) is 36.7 Å². The van der Waals surface area contributed by atoms with Gasteiger partial charge in [-0.2, -0.15) is 0 Å². The Morgan fingerprint density at radius 1 is 1.43 bits per heavy atom. The first-order valence-electron chi connectivity index (χ1n) is 7.19. The Labute approximate surface area is 125 Å². The average molecular weight is 289 g/mol. The summed E-state index contributed by atoms with van der Waals surface area (Å²) in [5.74, 6) is 1.83. The number of hydrogen-bond donors (Lipinski definition) is 2. The lowest BCUT2D eigenvalue weighted by atomic mass is 10.2. The molecule has 0 bridgehead atoms. The zero-order valence-corrected chi connectivity index (χ0v) is 12.6. The van der Waals surface area contributed by atoms with Crippen molar-refractivity contribution >= 4 is 0 Å². The zero-order chi connectivity index (χ0) is 15.1. The van der Waals surface area contributed by atoms with E-state index >= 15 is 0 Å². The minimum Gasteiger partial charge on any atom is -0.491 e. The van der Waals surface area contributed by atoms with Crippen LogP contribution in [0.2, 0.25) is 0 Å². The van der Waals surface area contributed by atoms with E-state index in [4.69, 9.17) is 4.74 Å². The first kappa shape index (κ1) is 15.5. The Morgan fingerprint density at radius 3 is 3.00 bits per heavy atom. The molecular weight excluding hydrogens is 266 g/mol. The molecule has 2 rings (SSSR count). The van der Waals surface area contributed by atoms with Gasteiger partial charge in [-0.1, -0.05) is 12.1 Å². The number of aliphatic hydroxyl groups is 1. The Bertz CT molecular complexity index is 554. The topological polar surface area (TPSA) is 59.3 Å². The fourth-order valence-corrected chi connectivity index (χ4v) is 2.06. The van der Waals surface area contributed by atoms with E-state index in [1.54, 1.807) is 6.20 Å². The SMILES string of the molecule is Cc1cccc(OCC(O)CNCCc2nccn2C)c1. The highest BCUT2D eigenvalue weighted by Gasteiger charge is 2.05. The number of rotatable bonds is 8. The second kappa shape index (κ2) is 7.81. The molecule has 1 unspecified atom stereocenters. The first-order chi connectivity index (χ1) is 10.1. The quantitative estimate of drug-likeness (QED) is 0.719. The highest BCUT2D eigenvalue weighted by atomic mass is 16.5. The van der Waals surface area contributed by atoms with E-state index in [2.05, 4.69) is 10.3 Å². The van der Waals surface area contributed by atoms with E-state index in [0.717, 1.165) is 30.1 Å². The first-order valence-corrected chi connectivity index (χ1v) is 7.19. The van der Waals surface area contributed by atoms with Crippen molar-refractivity contribution in [1.82, 2.24) is 14.9 Å². The Hall–Kier alpha value is -1.85. The Balaban J connectivity index is 1.61. The molecule has 114 valence electrons. The molecule has 1 aromatic heterocycles. The lowest BCUT2D eigenvalue weighted by molar-refractivity contribution is 0.106. The predicted molar refractivity (Wildman–Crippen MR) is 82.5 cm³/mol. The maximum absolute atomic E-state index is 9.88. The van der Waals surface area contributed by atoms with Gasteiger partial charge in [-0.05, 0) is 24.6 Å². The van der Waals surface area contributed by atoms with E-state index in [-0.39, 0.29) is 0 Å². The Kier molecular flexibility index (Phi) is 5.78. The second-order valence-electron chi connectivity index (χ2n) is 5.19. The Morgan fingerprint density at radius 2 is 2.29 bits per heavy atom. The van der Waals surface area contributed by atoms with Crippen molar-refractivity contribution in [3.05, 3.63) is 48.0 Å². The molecule has 1 heterocycles. The maximum Gasteiger partial charge on any atom is 0.119 e. The standard InChI is InChI=1S/C16H23N3O2/c1-13-4-3-5-15(10-13)21-12-14(20)11-17-7-6-16-18-8-9-19(16)2/h3-5,8-10,14,17,20H,6-7,11-12H2,1-2H3. The summed E-state index contributed by atoms with van der Waals surface area (Å²) in [6.45, 7) is 3.60. The third-order valence-corrected chi connectivity index (χ3v) is 3.26. The molecule has 0 aliphatic rings. The second-order valence-corrected chi connectivity index (χ2v) is 5.19. The van der Waals surface area contributed by atoms with Crippen molar-refractivity contribution in [3.63, 3.8) is 0 Å². The molecule has 0 amide bonds. The average Bonchev–Trinajstić information content (AvgIpc) is 2.87. The normalized spacial score (nSPS) is 12.3. The van der Waals surface area contributed by atoms with E-state index in [1.807, 2.05) is 49.0 Å². The molecule has 5 heteroatoms. The van der Waals surface area contributed by atoms with E-state index < -0.39 is 6.10 Å². The third kappa shape index (κ3) is 5.21. The third-order valence-electron chi connectivity index (χ3n) is 3.26. The van der Waals surface area contributed by atoms with Crippen LogP contribution < -0.4 is 10.1 Å². The molecule has 2 aromatic rings. The monoisotopic (exact) mass is 289 g/mol.